The second-order valence-corrected chi connectivity index (χ2v) is 4.78. The van der Waals surface area contributed by atoms with Gasteiger partial charge in [0, 0.05) is 18.8 Å². The van der Waals surface area contributed by atoms with Gasteiger partial charge in [0.25, 0.3) is 0 Å². The molecule has 1 aromatic rings. The van der Waals surface area contributed by atoms with Crippen molar-refractivity contribution < 1.29 is 14.6 Å². The molecule has 5 nitrogen and oxygen atoms in total. The van der Waals surface area contributed by atoms with Gasteiger partial charge in [0.15, 0.2) is 5.75 Å². The van der Waals surface area contributed by atoms with E-state index in [9.17, 15) is 5.11 Å². The van der Waals surface area contributed by atoms with E-state index in [1.165, 1.54) is 0 Å². The average molecular weight is 252 g/mol. The first-order valence-corrected chi connectivity index (χ1v) is 6.41. The van der Waals surface area contributed by atoms with Crippen LogP contribution in [-0.4, -0.2) is 34.4 Å². The first-order chi connectivity index (χ1) is 8.70. The van der Waals surface area contributed by atoms with Gasteiger partial charge in [-0.2, -0.15) is 0 Å². The Kier molecular flexibility index (Phi) is 4.49. The van der Waals surface area contributed by atoms with Crippen LogP contribution in [-0.2, 0) is 11.3 Å². The molecule has 2 rings (SSSR count). The highest BCUT2D eigenvalue weighted by atomic mass is 16.5. The predicted molar refractivity (Wildman–Crippen MR) is 66.5 cm³/mol. The van der Waals surface area contributed by atoms with Crippen molar-refractivity contribution in [1.29, 1.82) is 0 Å². The Morgan fingerprint density at radius 1 is 1.44 bits per heavy atom. The molecule has 2 heterocycles. The van der Waals surface area contributed by atoms with E-state index in [4.69, 9.17) is 9.47 Å². The first-order valence-electron chi connectivity index (χ1n) is 6.41. The van der Waals surface area contributed by atoms with Crippen molar-refractivity contribution >= 4 is 0 Å². The average Bonchev–Trinajstić information content (AvgIpc) is 2.40. The summed E-state index contributed by atoms with van der Waals surface area (Å²) in [5, 5.41) is 9.36. The summed E-state index contributed by atoms with van der Waals surface area (Å²) in [5.74, 6) is 1.57. The van der Waals surface area contributed by atoms with Crippen LogP contribution in [0.25, 0.3) is 0 Å². The van der Waals surface area contributed by atoms with E-state index >= 15 is 0 Å². The van der Waals surface area contributed by atoms with Crippen LogP contribution in [0, 0.1) is 0 Å². The first kappa shape index (κ1) is 13.2. The van der Waals surface area contributed by atoms with Gasteiger partial charge in [0.1, 0.15) is 17.6 Å². The molecule has 0 aliphatic carbocycles. The number of aromatic nitrogens is 2. The summed E-state index contributed by atoms with van der Waals surface area (Å²) in [5.41, 5.74) is 0.570. The third kappa shape index (κ3) is 3.17. The lowest BCUT2D eigenvalue weighted by atomic mass is 10.1. The van der Waals surface area contributed by atoms with Gasteiger partial charge in [-0.1, -0.05) is 13.8 Å². The van der Waals surface area contributed by atoms with Crippen molar-refractivity contribution in [3.63, 3.8) is 0 Å². The molecule has 0 aromatic carbocycles. The molecule has 1 saturated heterocycles. The Morgan fingerprint density at radius 3 is 2.78 bits per heavy atom. The number of ether oxygens (including phenoxy) is 2. The molecule has 5 heteroatoms. The highest BCUT2D eigenvalue weighted by molar-refractivity contribution is 5.25. The summed E-state index contributed by atoms with van der Waals surface area (Å²) in [6.07, 6.45) is 3.55. The molecular formula is C13H20N2O3. The Labute approximate surface area is 107 Å². The number of rotatable bonds is 4. The maximum Gasteiger partial charge on any atom is 0.161 e. The van der Waals surface area contributed by atoms with E-state index in [2.05, 4.69) is 9.97 Å². The molecule has 0 spiro atoms. The van der Waals surface area contributed by atoms with Gasteiger partial charge in [-0.25, -0.2) is 9.97 Å². The van der Waals surface area contributed by atoms with Crippen molar-refractivity contribution in [2.24, 2.45) is 0 Å². The van der Waals surface area contributed by atoms with Crippen LogP contribution in [0.1, 0.15) is 44.1 Å². The molecule has 1 N–H and O–H groups in total. The normalized spacial score (nSPS) is 17.1. The minimum Gasteiger partial charge on any atom is -0.487 e. The number of aliphatic hydroxyl groups is 1. The highest BCUT2D eigenvalue weighted by Gasteiger charge is 2.18. The zero-order chi connectivity index (χ0) is 13.0. The van der Waals surface area contributed by atoms with Crippen molar-refractivity contribution in [3.8, 4) is 5.75 Å². The Hall–Kier alpha value is -1.20. The summed E-state index contributed by atoms with van der Waals surface area (Å²) in [6.45, 7) is 5.37. The van der Waals surface area contributed by atoms with Crippen LogP contribution < -0.4 is 4.74 Å². The molecule has 0 atom stereocenters. The van der Waals surface area contributed by atoms with Crippen molar-refractivity contribution in [1.82, 2.24) is 9.97 Å². The van der Waals surface area contributed by atoms with Crippen LogP contribution in [0.15, 0.2) is 6.20 Å². The van der Waals surface area contributed by atoms with E-state index in [1.54, 1.807) is 6.20 Å². The van der Waals surface area contributed by atoms with Gasteiger partial charge in [-0.15, -0.1) is 0 Å². The zero-order valence-corrected chi connectivity index (χ0v) is 10.9. The fourth-order valence-electron chi connectivity index (χ4n) is 1.88. The molecule has 0 saturated carbocycles. The predicted octanol–water partition coefficient (Wildman–Crippen LogP) is 1.65. The summed E-state index contributed by atoms with van der Waals surface area (Å²) >= 11 is 0. The molecule has 1 aliphatic rings. The van der Waals surface area contributed by atoms with Gasteiger partial charge < -0.3 is 14.6 Å². The topological polar surface area (TPSA) is 64.5 Å². The monoisotopic (exact) mass is 252 g/mol. The smallest absolute Gasteiger partial charge is 0.161 e. The van der Waals surface area contributed by atoms with Gasteiger partial charge in [-0.3, -0.25) is 0 Å². The highest BCUT2D eigenvalue weighted by Crippen LogP contribution is 2.22. The maximum atomic E-state index is 9.36. The summed E-state index contributed by atoms with van der Waals surface area (Å²) < 4.78 is 11.1. The quantitative estimate of drug-likeness (QED) is 0.882. The van der Waals surface area contributed by atoms with Crippen LogP contribution >= 0.6 is 0 Å². The van der Waals surface area contributed by atoms with Gasteiger partial charge in [-0.05, 0) is 0 Å². The summed E-state index contributed by atoms with van der Waals surface area (Å²) in [6, 6.07) is 0. The molecule has 1 fully saturated rings. The van der Waals surface area contributed by atoms with Crippen LogP contribution in [0.5, 0.6) is 5.75 Å². The van der Waals surface area contributed by atoms with Crippen LogP contribution in [0.4, 0.5) is 0 Å². The summed E-state index contributed by atoms with van der Waals surface area (Å²) in [4.78, 5) is 8.61. The molecule has 0 amide bonds. The fourth-order valence-corrected chi connectivity index (χ4v) is 1.88. The van der Waals surface area contributed by atoms with E-state index < -0.39 is 0 Å². The molecular weight excluding hydrogens is 232 g/mol. The molecule has 0 unspecified atom stereocenters. The molecule has 0 bridgehead atoms. The van der Waals surface area contributed by atoms with Gasteiger partial charge >= 0.3 is 0 Å². The van der Waals surface area contributed by atoms with Crippen molar-refractivity contribution in [2.45, 2.75) is 45.3 Å². The van der Waals surface area contributed by atoms with Gasteiger partial charge in [0.05, 0.1) is 26.0 Å². The van der Waals surface area contributed by atoms with Crippen molar-refractivity contribution in [3.05, 3.63) is 17.7 Å². The molecule has 1 aliphatic heterocycles. The van der Waals surface area contributed by atoms with Crippen LogP contribution in [0.2, 0.25) is 0 Å². The lowest BCUT2D eigenvalue weighted by molar-refractivity contribution is 0.0243. The molecule has 1 aromatic heterocycles. The third-order valence-corrected chi connectivity index (χ3v) is 2.98. The Balaban J connectivity index is 2.11. The van der Waals surface area contributed by atoms with Gasteiger partial charge in [0.2, 0.25) is 0 Å². The summed E-state index contributed by atoms with van der Waals surface area (Å²) in [7, 11) is 0. The largest absolute Gasteiger partial charge is 0.487 e. The van der Waals surface area contributed by atoms with E-state index in [0.29, 0.717) is 11.4 Å². The number of aliphatic hydroxyl groups excluding tert-OH is 1. The van der Waals surface area contributed by atoms with Crippen molar-refractivity contribution in [2.75, 3.05) is 13.2 Å². The lowest BCUT2D eigenvalue weighted by Gasteiger charge is -2.24. The lowest BCUT2D eigenvalue weighted by Crippen LogP contribution is -2.26. The third-order valence-electron chi connectivity index (χ3n) is 2.98. The zero-order valence-electron chi connectivity index (χ0n) is 10.9. The minimum absolute atomic E-state index is 0.124. The fraction of sp³-hybridized carbons (Fsp3) is 0.692. The standard InChI is InChI=1S/C13H20N2O3/c1-9(2)13-14-7-12(11(8-16)15-13)18-10-3-5-17-6-4-10/h7,9-10,16H,3-6,8H2,1-2H3. The minimum atomic E-state index is -0.124. The van der Waals surface area contributed by atoms with E-state index in [0.717, 1.165) is 31.9 Å². The SMILES string of the molecule is CC(C)c1ncc(OC2CCOCC2)c(CO)n1. The Bertz CT molecular complexity index is 390. The maximum absolute atomic E-state index is 9.36. The van der Waals surface area contributed by atoms with E-state index in [-0.39, 0.29) is 18.6 Å². The molecule has 18 heavy (non-hydrogen) atoms. The Morgan fingerprint density at radius 2 is 2.17 bits per heavy atom. The molecule has 0 radical (unpaired) electrons. The molecule has 100 valence electrons. The number of hydrogen-bond acceptors (Lipinski definition) is 5. The number of hydrogen-bond donors (Lipinski definition) is 1. The van der Waals surface area contributed by atoms with Crippen LogP contribution in [0.3, 0.4) is 0 Å². The second kappa shape index (κ2) is 6.11. The van der Waals surface area contributed by atoms with E-state index in [1.807, 2.05) is 13.8 Å². The number of nitrogens with zero attached hydrogens (tertiary/aromatic N) is 2. The second-order valence-electron chi connectivity index (χ2n) is 4.78.